The van der Waals surface area contributed by atoms with Crippen LogP contribution in [-0.4, -0.2) is 26.5 Å². The SMILES string of the molecule is Cc1cnncc1-c1ccc(C[n+]2cc(NC(=O)Nc3cccc(C(F)(F)F)c3)on2)nc1. The molecular weight excluding hydrogens is 439 g/mol. The van der Waals surface area contributed by atoms with Crippen molar-refractivity contribution in [3.05, 3.63) is 78.0 Å². The summed E-state index contributed by atoms with van der Waals surface area (Å²) in [5, 5.41) is 16.2. The van der Waals surface area contributed by atoms with Crippen molar-refractivity contribution in [3.8, 4) is 11.1 Å². The van der Waals surface area contributed by atoms with Gasteiger partial charge < -0.3 is 5.32 Å². The molecule has 4 rings (SSSR count). The number of carbonyl (C=O) groups is 1. The minimum absolute atomic E-state index is 0.00887. The predicted octanol–water partition coefficient (Wildman–Crippen LogP) is 3.83. The summed E-state index contributed by atoms with van der Waals surface area (Å²) in [4.78, 5) is 16.5. The molecule has 12 heteroatoms. The van der Waals surface area contributed by atoms with E-state index in [0.29, 0.717) is 5.69 Å². The summed E-state index contributed by atoms with van der Waals surface area (Å²) in [6, 6.07) is 7.23. The number of nitrogens with one attached hydrogen (secondary N) is 2. The number of urea groups is 1. The standard InChI is InChI=1S/C21H16F3N7O2/c1-13-8-26-27-10-18(13)14-5-6-17(25-9-14)11-31-12-19(33-30-31)29-20(32)28-16-4-2-3-15(7-16)21(22,23)24/h2-10,12H,11H2,1H3,(H-,28,29,30,32)/p+1. The number of carbonyl (C=O) groups excluding carboxylic acids is 1. The maximum atomic E-state index is 12.8. The Hall–Kier alpha value is -4.35. The van der Waals surface area contributed by atoms with Crippen LogP contribution in [0.15, 0.2) is 65.7 Å². The highest BCUT2D eigenvalue weighted by Gasteiger charge is 2.30. The topological polar surface area (TPSA) is 110 Å². The van der Waals surface area contributed by atoms with E-state index < -0.39 is 17.8 Å². The third-order valence-electron chi connectivity index (χ3n) is 4.58. The third-order valence-corrected chi connectivity index (χ3v) is 4.58. The molecule has 33 heavy (non-hydrogen) atoms. The molecule has 0 saturated carbocycles. The quantitative estimate of drug-likeness (QED) is 0.442. The molecule has 168 valence electrons. The molecule has 4 aromatic rings. The molecule has 1 aromatic carbocycles. The first kappa shape index (κ1) is 21.9. The second-order valence-electron chi connectivity index (χ2n) is 7.05. The molecule has 0 saturated heterocycles. The number of hydrogen-bond donors (Lipinski definition) is 2. The minimum Gasteiger partial charge on any atom is -0.308 e. The van der Waals surface area contributed by atoms with E-state index in [9.17, 15) is 18.0 Å². The molecule has 0 spiro atoms. The average molecular weight is 456 g/mol. The summed E-state index contributed by atoms with van der Waals surface area (Å²) in [6.45, 7) is 2.20. The Bertz CT molecular complexity index is 1270. The van der Waals surface area contributed by atoms with E-state index in [-0.39, 0.29) is 18.1 Å². The molecule has 9 nitrogen and oxygen atoms in total. The highest BCUT2D eigenvalue weighted by atomic mass is 19.4. The van der Waals surface area contributed by atoms with Gasteiger partial charge >= 0.3 is 18.1 Å². The fourth-order valence-electron chi connectivity index (χ4n) is 2.98. The minimum atomic E-state index is -4.51. The summed E-state index contributed by atoms with van der Waals surface area (Å²) < 4.78 is 44.9. The number of alkyl halides is 3. The van der Waals surface area contributed by atoms with Gasteiger partial charge in [-0.3, -0.25) is 14.8 Å². The first-order valence-corrected chi connectivity index (χ1v) is 9.62. The number of halogens is 3. The lowest BCUT2D eigenvalue weighted by Gasteiger charge is -2.09. The Morgan fingerprint density at radius 2 is 1.91 bits per heavy atom. The number of rotatable bonds is 5. The number of aromatic nitrogens is 5. The average Bonchev–Trinajstić information content (AvgIpc) is 3.21. The number of hydrogen-bond acceptors (Lipinski definition) is 6. The van der Waals surface area contributed by atoms with Gasteiger partial charge in [0.1, 0.15) is 5.69 Å². The maximum Gasteiger partial charge on any atom is 0.416 e. The third kappa shape index (κ3) is 5.47. The molecule has 0 atom stereocenters. The maximum absolute atomic E-state index is 12.8. The van der Waals surface area contributed by atoms with Crippen LogP contribution < -0.4 is 15.3 Å². The van der Waals surface area contributed by atoms with Crippen LogP contribution in [0, 0.1) is 6.92 Å². The van der Waals surface area contributed by atoms with Crippen LogP contribution in [0.25, 0.3) is 11.1 Å². The molecule has 0 unspecified atom stereocenters. The number of amides is 2. The zero-order valence-electron chi connectivity index (χ0n) is 17.2. The highest BCUT2D eigenvalue weighted by molar-refractivity contribution is 5.98. The fraction of sp³-hybridized carbons (Fsp3) is 0.143. The van der Waals surface area contributed by atoms with Gasteiger partial charge in [0, 0.05) is 23.0 Å². The second-order valence-corrected chi connectivity index (χ2v) is 7.05. The predicted molar refractivity (Wildman–Crippen MR) is 110 cm³/mol. The second kappa shape index (κ2) is 9.02. The molecule has 3 heterocycles. The van der Waals surface area contributed by atoms with E-state index in [4.69, 9.17) is 4.52 Å². The van der Waals surface area contributed by atoms with Crippen LogP contribution in [0.5, 0.6) is 0 Å². The fourth-order valence-corrected chi connectivity index (χ4v) is 2.98. The summed E-state index contributed by atoms with van der Waals surface area (Å²) in [5.41, 5.74) is 2.60. The van der Waals surface area contributed by atoms with E-state index in [1.54, 1.807) is 18.6 Å². The smallest absolute Gasteiger partial charge is 0.308 e. The zero-order valence-corrected chi connectivity index (χ0v) is 17.2. The Balaban J connectivity index is 1.36. The molecule has 0 aliphatic heterocycles. The Kier molecular flexibility index (Phi) is 5.98. The Morgan fingerprint density at radius 1 is 1.09 bits per heavy atom. The first-order chi connectivity index (χ1) is 15.8. The van der Waals surface area contributed by atoms with Crippen molar-refractivity contribution in [3.63, 3.8) is 0 Å². The number of benzene rings is 1. The summed E-state index contributed by atoms with van der Waals surface area (Å²) in [6.07, 6.45) is 1.97. The largest absolute Gasteiger partial charge is 0.416 e. The van der Waals surface area contributed by atoms with Crippen LogP contribution in [-0.2, 0) is 12.7 Å². The number of aryl methyl sites for hydroxylation is 1. The van der Waals surface area contributed by atoms with Gasteiger partial charge in [-0.15, -0.1) is 0 Å². The van der Waals surface area contributed by atoms with E-state index in [2.05, 4.69) is 31.1 Å². The van der Waals surface area contributed by atoms with E-state index in [0.717, 1.165) is 28.8 Å². The van der Waals surface area contributed by atoms with Crippen molar-refractivity contribution in [1.29, 1.82) is 0 Å². The lowest BCUT2D eigenvalue weighted by Crippen LogP contribution is -2.35. The molecule has 2 N–H and O–H groups in total. The van der Waals surface area contributed by atoms with Crippen molar-refractivity contribution in [2.45, 2.75) is 19.6 Å². The molecule has 0 aliphatic rings. The van der Waals surface area contributed by atoms with Gasteiger partial charge in [-0.2, -0.15) is 23.4 Å². The molecule has 3 aromatic heterocycles. The number of nitrogens with zero attached hydrogens (tertiary/aromatic N) is 5. The van der Waals surface area contributed by atoms with Gasteiger partial charge in [-0.05, 0) is 41.4 Å². The normalized spacial score (nSPS) is 11.3. The van der Waals surface area contributed by atoms with E-state index in [1.807, 2.05) is 19.1 Å². The van der Waals surface area contributed by atoms with E-state index in [1.165, 1.54) is 23.0 Å². The molecule has 0 bridgehead atoms. The van der Waals surface area contributed by atoms with Crippen LogP contribution in [0.3, 0.4) is 0 Å². The van der Waals surface area contributed by atoms with Crippen LogP contribution in [0.2, 0.25) is 0 Å². The van der Waals surface area contributed by atoms with Gasteiger partial charge in [0.25, 0.3) is 6.20 Å². The van der Waals surface area contributed by atoms with Crippen molar-refractivity contribution >= 4 is 17.6 Å². The lowest BCUT2D eigenvalue weighted by atomic mass is 10.1. The van der Waals surface area contributed by atoms with E-state index >= 15 is 0 Å². The number of anilines is 2. The molecule has 2 amide bonds. The summed E-state index contributed by atoms with van der Waals surface area (Å²) >= 11 is 0. The zero-order chi connectivity index (χ0) is 23.4. The summed E-state index contributed by atoms with van der Waals surface area (Å²) in [7, 11) is 0. The lowest BCUT2D eigenvalue weighted by molar-refractivity contribution is -0.755. The monoisotopic (exact) mass is 456 g/mol. The Labute approximate surface area is 185 Å². The Morgan fingerprint density at radius 3 is 2.64 bits per heavy atom. The summed E-state index contributed by atoms with van der Waals surface area (Å²) in [5.74, 6) is 0.00887. The van der Waals surface area contributed by atoms with Crippen molar-refractivity contribution in [2.75, 3.05) is 10.6 Å². The first-order valence-electron chi connectivity index (χ1n) is 9.62. The highest BCUT2D eigenvalue weighted by Crippen LogP contribution is 2.30. The molecule has 0 radical (unpaired) electrons. The molecule has 0 aliphatic carbocycles. The van der Waals surface area contributed by atoms with Gasteiger partial charge in [0.05, 0.1) is 18.0 Å². The van der Waals surface area contributed by atoms with Crippen LogP contribution in [0.4, 0.5) is 29.5 Å². The van der Waals surface area contributed by atoms with Crippen molar-refractivity contribution in [1.82, 2.24) is 20.5 Å². The van der Waals surface area contributed by atoms with Gasteiger partial charge in [-0.1, -0.05) is 12.1 Å². The van der Waals surface area contributed by atoms with Gasteiger partial charge in [0.2, 0.25) is 11.8 Å². The van der Waals surface area contributed by atoms with Crippen LogP contribution >= 0.6 is 0 Å². The van der Waals surface area contributed by atoms with Crippen LogP contribution in [0.1, 0.15) is 16.8 Å². The number of pyridine rings is 1. The van der Waals surface area contributed by atoms with Gasteiger partial charge in [-0.25, -0.2) is 4.79 Å². The van der Waals surface area contributed by atoms with Crippen molar-refractivity contribution in [2.24, 2.45) is 0 Å². The molecular formula is C21H17F3N7O2+. The van der Waals surface area contributed by atoms with Gasteiger partial charge in [0.15, 0.2) is 0 Å². The van der Waals surface area contributed by atoms with Crippen molar-refractivity contribution < 1.29 is 27.2 Å². The molecule has 0 fully saturated rings.